The van der Waals surface area contributed by atoms with Crippen molar-refractivity contribution in [3.8, 4) is 0 Å². The standard InChI is InChI=1S/C27H24BrN5O5/c1-30-26(31-12-19(14-34)23(35)17-4-6-20(28)7-5-17)27(38)32-11-15-2-3-16-8-9-33(13-18(16)10-15)22-21(29)24(36)25(22)37/h2-7,10,12,14,34H,8-9,11,13,29H2,1H3,(H,32,38)/b19-14-,30-26?,31-12?. The van der Waals surface area contributed by atoms with Gasteiger partial charge in [0, 0.05) is 42.9 Å². The van der Waals surface area contributed by atoms with E-state index < -0.39 is 22.5 Å². The molecule has 0 aromatic heterocycles. The molecule has 10 nitrogen and oxygen atoms in total. The average molecular weight is 578 g/mol. The van der Waals surface area contributed by atoms with Crippen LogP contribution in [0.1, 0.15) is 27.0 Å². The van der Waals surface area contributed by atoms with E-state index in [2.05, 4.69) is 31.2 Å². The summed E-state index contributed by atoms with van der Waals surface area (Å²) in [6.45, 7) is 1.20. The lowest BCUT2D eigenvalue weighted by Crippen LogP contribution is -2.44. The molecule has 194 valence electrons. The number of carbonyl (C=O) groups is 2. The number of nitrogens with two attached hydrogens (primary N) is 1. The zero-order valence-electron chi connectivity index (χ0n) is 20.4. The van der Waals surface area contributed by atoms with Gasteiger partial charge in [0.05, 0.1) is 11.8 Å². The fourth-order valence-corrected chi connectivity index (χ4v) is 4.42. The highest BCUT2D eigenvalue weighted by Crippen LogP contribution is 2.26. The first-order valence-electron chi connectivity index (χ1n) is 11.6. The third kappa shape index (κ3) is 5.47. The van der Waals surface area contributed by atoms with Gasteiger partial charge in [0.25, 0.3) is 16.8 Å². The van der Waals surface area contributed by atoms with Crippen LogP contribution in [0.3, 0.4) is 0 Å². The molecule has 0 aliphatic carbocycles. The number of benzene rings is 2. The number of fused-ring (bicyclic) bond motifs is 1. The molecule has 3 aromatic carbocycles. The number of anilines is 2. The highest BCUT2D eigenvalue weighted by Gasteiger charge is 2.27. The minimum absolute atomic E-state index is 0.00606. The number of hydrogen-bond acceptors (Lipinski definition) is 8. The molecule has 4 N–H and O–H groups in total. The summed E-state index contributed by atoms with van der Waals surface area (Å²) < 4.78 is 0.803. The molecule has 1 aliphatic rings. The molecule has 38 heavy (non-hydrogen) atoms. The molecule has 4 rings (SSSR count). The van der Waals surface area contributed by atoms with Gasteiger partial charge in [0.1, 0.15) is 11.4 Å². The summed E-state index contributed by atoms with van der Waals surface area (Å²) in [5.74, 6) is -1.20. The van der Waals surface area contributed by atoms with Gasteiger partial charge in [-0.3, -0.25) is 24.2 Å². The van der Waals surface area contributed by atoms with Crippen molar-refractivity contribution in [2.45, 2.75) is 19.5 Å². The van der Waals surface area contributed by atoms with Crippen LogP contribution in [0.5, 0.6) is 0 Å². The molecule has 0 saturated carbocycles. The maximum atomic E-state index is 12.7. The van der Waals surface area contributed by atoms with Crippen molar-refractivity contribution in [1.29, 1.82) is 0 Å². The van der Waals surface area contributed by atoms with Crippen LogP contribution in [-0.4, -0.2) is 42.4 Å². The summed E-state index contributed by atoms with van der Waals surface area (Å²) in [4.78, 5) is 58.4. The number of ketones is 1. The molecule has 1 aliphatic heterocycles. The number of hydrogen-bond donors (Lipinski definition) is 3. The first kappa shape index (κ1) is 26.7. The van der Waals surface area contributed by atoms with Crippen LogP contribution in [0.4, 0.5) is 11.4 Å². The van der Waals surface area contributed by atoms with Crippen molar-refractivity contribution in [1.82, 2.24) is 5.32 Å². The number of amidine groups is 1. The molecular weight excluding hydrogens is 554 g/mol. The average Bonchev–Trinajstić information content (AvgIpc) is 2.94. The Morgan fingerprint density at radius 2 is 1.87 bits per heavy atom. The van der Waals surface area contributed by atoms with Gasteiger partial charge < -0.3 is 21.1 Å². The highest BCUT2D eigenvalue weighted by atomic mass is 79.9. The number of carbonyl (C=O) groups excluding carboxylic acids is 2. The monoisotopic (exact) mass is 577 g/mol. The summed E-state index contributed by atoms with van der Waals surface area (Å²) in [6.07, 6.45) is 2.42. The number of nitrogens with one attached hydrogen (secondary N) is 1. The second-order valence-corrected chi connectivity index (χ2v) is 9.52. The van der Waals surface area contributed by atoms with Crippen molar-refractivity contribution < 1.29 is 14.7 Å². The zero-order chi connectivity index (χ0) is 27.4. The molecule has 1 amide bonds. The number of aliphatic imine (C=N–C) groups is 2. The second kappa shape index (κ2) is 11.3. The number of nitrogens with zero attached hydrogens (tertiary/aromatic N) is 3. The van der Waals surface area contributed by atoms with Gasteiger partial charge in [-0.15, -0.1) is 0 Å². The minimum atomic E-state index is -0.641. The summed E-state index contributed by atoms with van der Waals surface area (Å²) in [7, 11) is 1.39. The van der Waals surface area contributed by atoms with Crippen LogP contribution in [0, 0.1) is 0 Å². The van der Waals surface area contributed by atoms with Gasteiger partial charge in [-0.2, -0.15) is 0 Å². The quantitative estimate of drug-likeness (QED) is 0.101. The first-order valence-corrected chi connectivity index (χ1v) is 12.4. The van der Waals surface area contributed by atoms with E-state index in [9.17, 15) is 24.3 Å². The number of allylic oxidation sites excluding steroid dienone is 1. The fourth-order valence-electron chi connectivity index (χ4n) is 4.15. The number of nitrogen functional groups attached to an aromatic ring is 1. The lowest BCUT2D eigenvalue weighted by molar-refractivity contribution is -0.115. The number of Topliss-reactive ketones (excluding diaryl/α,β-unsaturated/α-hetero) is 1. The Bertz CT molecular complexity index is 1570. The predicted molar refractivity (Wildman–Crippen MR) is 150 cm³/mol. The zero-order valence-corrected chi connectivity index (χ0v) is 22.0. The fraction of sp³-hybridized carbons (Fsp3) is 0.185. The minimum Gasteiger partial charge on any atom is -0.515 e. The molecule has 0 unspecified atom stereocenters. The topological polar surface area (TPSA) is 155 Å². The maximum absolute atomic E-state index is 12.7. The Hall–Kier alpha value is -4.38. The van der Waals surface area contributed by atoms with Gasteiger partial charge >= 0.3 is 0 Å². The Balaban J connectivity index is 1.39. The maximum Gasteiger partial charge on any atom is 0.288 e. The van der Waals surface area contributed by atoms with E-state index in [1.165, 1.54) is 7.05 Å². The Morgan fingerprint density at radius 3 is 2.53 bits per heavy atom. The van der Waals surface area contributed by atoms with Crippen LogP contribution < -0.4 is 26.8 Å². The van der Waals surface area contributed by atoms with Crippen LogP contribution >= 0.6 is 15.9 Å². The van der Waals surface area contributed by atoms with Crippen molar-refractivity contribution in [2.24, 2.45) is 9.98 Å². The summed E-state index contributed by atoms with van der Waals surface area (Å²) in [6, 6.07) is 12.4. The third-order valence-corrected chi connectivity index (χ3v) is 6.75. The molecular formula is C27H24BrN5O5. The van der Waals surface area contributed by atoms with Gasteiger partial charge in [0.15, 0.2) is 5.78 Å². The SMILES string of the molecule is CN=C(N=C/C(=C/O)C(=O)c1ccc(Br)cc1)C(=O)NCc1ccc2c(c1)CN(c1c(N)c(=O)c1=O)CC2. The molecule has 0 bridgehead atoms. The largest absolute Gasteiger partial charge is 0.515 e. The summed E-state index contributed by atoms with van der Waals surface area (Å²) in [5, 5.41) is 12.3. The van der Waals surface area contributed by atoms with Crippen molar-refractivity contribution in [2.75, 3.05) is 24.2 Å². The molecule has 0 radical (unpaired) electrons. The van der Waals surface area contributed by atoms with Crippen molar-refractivity contribution in [3.05, 3.63) is 101 Å². The lowest BCUT2D eigenvalue weighted by Gasteiger charge is -2.32. The van der Waals surface area contributed by atoms with Gasteiger partial charge in [-0.1, -0.05) is 34.1 Å². The van der Waals surface area contributed by atoms with E-state index >= 15 is 0 Å². The van der Waals surface area contributed by atoms with Crippen LogP contribution in [-0.2, 0) is 24.3 Å². The van der Waals surface area contributed by atoms with Crippen LogP contribution in [0.15, 0.2) is 78.3 Å². The van der Waals surface area contributed by atoms with Crippen LogP contribution in [0.25, 0.3) is 0 Å². The van der Waals surface area contributed by atoms with E-state index in [4.69, 9.17) is 5.73 Å². The Labute approximate surface area is 226 Å². The van der Waals surface area contributed by atoms with Gasteiger partial charge in [-0.05, 0) is 47.4 Å². The number of aliphatic hydroxyl groups is 1. The second-order valence-electron chi connectivity index (χ2n) is 8.60. The number of amides is 1. The highest BCUT2D eigenvalue weighted by molar-refractivity contribution is 9.10. The molecule has 0 atom stereocenters. The number of halogens is 1. The third-order valence-electron chi connectivity index (χ3n) is 6.22. The number of rotatable bonds is 6. The Kier molecular flexibility index (Phi) is 7.96. The summed E-state index contributed by atoms with van der Waals surface area (Å²) in [5.41, 5.74) is 7.95. The molecule has 0 spiro atoms. The van der Waals surface area contributed by atoms with E-state index in [0.717, 1.165) is 27.4 Å². The van der Waals surface area contributed by atoms with Crippen molar-refractivity contribution >= 4 is 51.0 Å². The van der Waals surface area contributed by atoms with Gasteiger partial charge in [0.2, 0.25) is 5.84 Å². The molecule has 1 heterocycles. The van der Waals surface area contributed by atoms with E-state index in [-0.39, 0.29) is 29.3 Å². The predicted octanol–water partition coefficient (Wildman–Crippen LogP) is 2.23. The van der Waals surface area contributed by atoms with E-state index in [0.29, 0.717) is 31.3 Å². The van der Waals surface area contributed by atoms with Crippen molar-refractivity contribution in [3.63, 3.8) is 0 Å². The smallest absolute Gasteiger partial charge is 0.288 e. The van der Waals surface area contributed by atoms with Crippen LogP contribution in [0.2, 0.25) is 0 Å². The van der Waals surface area contributed by atoms with E-state index in [1.54, 1.807) is 24.3 Å². The van der Waals surface area contributed by atoms with E-state index in [1.807, 2.05) is 23.1 Å². The molecule has 11 heteroatoms. The molecule has 0 fully saturated rings. The molecule has 3 aromatic rings. The molecule has 0 saturated heterocycles. The lowest BCUT2D eigenvalue weighted by atomic mass is 9.96. The Morgan fingerprint density at radius 1 is 1.13 bits per heavy atom. The van der Waals surface area contributed by atoms with Gasteiger partial charge in [-0.25, -0.2) is 4.99 Å². The normalized spacial score (nSPS) is 14.1. The summed E-state index contributed by atoms with van der Waals surface area (Å²) >= 11 is 3.30. The first-order chi connectivity index (χ1) is 18.2. The number of aliphatic hydroxyl groups excluding tert-OH is 1.